The molecule has 8 rings (SSSR count). The van der Waals surface area contributed by atoms with Crippen LogP contribution in [0.25, 0.3) is 72.1 Å². The van der Waals surface area contributed by atoms with Crippen molar-refractivity contribution in [2.45, 2.75) is 0 Å². The van der Waals surface area contributed by atoms with Crippen molar-refractivity contribution in [2.24, 2.45) is 0 Å². The third-order valence-corrected chi connectivity index (χ3v) is 7.43. The topological polar surface area (TPSA) is 43.6 Å². The molecule has 0 unspecified atom stereocenters. The molecule has 0 fully saturated rings. The molecule has 8 aromatic rings. The van der Waals surface area contributed by atoms with Crippen LogP contribution in [0.4, 0.5) is 0 Å². The quantitative estimate of drug-likeness (QED) is 0.245. The number of para-hydroxylation sites is 1. The number of hydrogen-bond acceptors (Lipinski definition) is 3. The molecule has 39 heavy (non-hydrogen) atoms. The monoisotopic (exact) mass is 498 g/mol. The van der Waals surface area contributed by atoms with Gasteiger partial charge in [0.05, 0.1) is 11.0 Å². The van der Waals surface area contributed by atoms with E-state index in [2.05, 4.69) is 108 Å². The van der Waals surface area contributed by atoms with Crippen LogP contribution in [0.2, 0.25) is 0 Å². The van der Waals surface area contributed by atoms with E-state index in [0.29, 0.717) is 17.6 Å². The summed E-state index contributed by atoms with van der Waals surface area (Å²) in [5.41, 5.74) is 4.08. The van der Waals surface area contributed by atoms with E-state index < -0.39 is 0 Å². The first-order chi connectivity index (χ1) is 19.3. The second-order valence-corrected chi connectivity index (χ2v) is 9.74. The van der Waals surface area contributed by atoms with Gasteiger partial charge in [-0.2, -0.15) is 9.97 Å². The van der Waals surface area contributed by atoms with E-state index >= 15 is 0 Å². The van der Waals surface area contributed by atoms with Crippen molar-refractivity contribution in [3.63, 3.8) is 0 Å². The summed E-state index contributed by atoms with van der Waals surface area (Å²) in [7, 11) is 0. The lowest BCUT2D eigenvalue weighted by Gasteiger charge is -2.12. The van der Waals surface area contributed by atoms with E-state index in [1.54, 1.807) is 0 Å². The summed E-state index contributed by atoms with van der Waals surface area (Å²) in [6.07, 6.45) is 0. The molecule has 0 amide bonds. The van der Waals surface area contributed by atoms with E-state index in [4.69, 9.17) is 15.0 Å². The zero-order chi connectivity index (χ0) is 25.8. The first-order valence-electron chi connectivity index (χ1n) is 13.1. The lowest BCUT2D eigenvalue weighted by molar-refractivity contribution is 0.954. The summed E-state index contributed by atoms with van der Waals surface area (Å²) in [6, 6.07) is 46.3. The van der Waals surface area contributed by atoms with Gasteiger partial charge >= 0.3 is 0 Å². The van der Waals surface area contributed by atoms with Crippen molar-refractivity contribution in [1.82, 2.24) is 19.5 Å². The van der Waals surface area contributed by atoms with Gasteiger partial charge in [0.1, 0.15) is 0 Å². The molecule has 2 heterocycles. The van der Waals surface area contributed by atoms with Crippen molar-refractivity contribution in [2.75, 3.05) is 0 Å². The zero-order valence-electron chi connectivity index (χ0n) is 21.0. The first kappa shape index (κ1) is 21.7. The van der Waals surface area contributed by atoms with E-state index in [9.17, 15) is 0 Å². The Morgan fingerprint density at radius 2 is 1.05 bits per heavy atom. The van der Waals surface area contributed by atoms with Gasteiger partial charge in [0.2, 0.25) is 5.95 Å². The fourth-order valence-corrected chi connectivity index (χ4v) is 5.59. The van der Waals surface area contributed by atoms with Crippen LogP contribution >= 0.6 is 0 Å². The average molecular weight is 499 g/mol. The summed E-state index contributed by atoms with van der Waals surface area (Å²) < 4.78 is 2.18. The smallest absolute Gasteiger partial charge is 0.238 e. The maximum atomic E-state index is 5.14. The zero-order valence-corrected chi connectivity index (χ0v) is 21.0. The molecule has 0 aliphatic carbocycles. The van der Waals surface area contributed by atoms with Crippen molar-refractivity contribution in [3.8, 4) is 28.7 Å². The van der Waals surface area contributed by atoms with Crippen LogP contribution in [0, 0.1) is 0 Å². The van der Waals surface area contributed by atoms with Gasteiger partial charge < -0.3 is 0 Å². The number of hydrogen-bond donors (Lipinski definition) is 0. The largest absolute Gasteiger partial charge is 0.278 e. The second kappa shape index (κ2) is 8.61. The molecule has 0 spiro atoms. The van der Waals surface area contributed by atoms with Crippen molar-refractivity contribution >= 4 is 43.4 Å². The van der Waals surface area contributed by atoms with Gasteiger partial charge in [0.25, 0.3) is 0 Å². The Morgan fingerprint density at radius 3 is 1.90 bits per heavy atom. The Hall–Kier alpha value is -5.35. The molecule has 0 aliphatic rings. The number of fused-ring (bicyclic) bond motifs is 5. The summed E-state index contributed by atoms with van der Waals surface area (Å²) in [6.45, 7) is 0. The van der Waals surface area contributed by atoms with E-state index in [0.717, 1.165) is 32.9 Å². The van der Waals surface area contributed by atoms with E-state index in [1.165, 1.54) is 21.5 Å². The number of aromatic nitrogens is 4. The Balaban J connectivity index is 1.49. The van der Waals surface area contributed by atoms with E-state index in [1.807, 2.05) is 30.3 Å². The Bertz CT molecular complexity index is 2170. The predicted molar refractivity (Wildman–Crippen MR) is 160 cm³/mol. The molecular weight excluding hydrogens is 476 g/mol. The summed E-state index contributed by atoms with van der Waals surface area (Å²) >= 11 is 0. The van der Waals surface area contributed by atoms with Crippen molar-refractivity contribution in [3.05, 3.63) is 133 Å². The van der Waals surface area contributed by atoms with Crippen molar-refractivity contribution in [1.29, 1.82) is 0 Å². The number of benzene rings is 6. The highest BCUT2D eigenvalue weighted by Gasteiger charge is 2.18. The highest BCUT2D eigenvalue weighted by Crippen LogP contribution is 2.35. The van der Waals surface area contributed by atoms with Crippen LogP contribution in [-0.2, 0) is 0 Å². The van der Waals surface area contributed by atoms with Crippen LogP contribution in [0.5, 0.6) is 0 Å². The van der Waals surface area contributed by atoms with Gasteiger partial charge in [-0.05, 0) is 39.7 Å². The third-order valence-electron chi connectivity index (χ3n) is 7.43. The lowest BCUT2D eigenvalue weighted by Crippen LogP contribution is -2.06. The van der Waals surface area contributed by atoms with Gasteiger partial charge in [0, 0.05) is 21.9 Å². The fourth-order valence-electron chi connectivity index (χ4n) is 5.59. The predicted octanol–water partition coefficient (Wildman–Crippen LogP) is 8.61. The van der Waals surface area contributed by atoms with Crippen LogP contribution in [0.3, 0.4) is 0 Å². The van der Waals surface area contributed by atoms with Gasteiger partial charge in [-0.3, -0.25) is 4.57 Å². The normalized spacial score (nSPS) is 11.6. The van der Waals surface area contributed by atoms with Crippen LogP contribution in [0.15, 0.2) is 133 Å². The summed E-state index contributed by atoms with van der Waals surface area (Å²) in [4.78, 5) is 15.2. The molecule has 0 radical (unpaired) electrons. The van der Waals surface area contributed by atoms with Gasteiger partial charge in [0.15, 0.2) is 11.6 Å². The molecule has 0 N–H and O–H groups in total. The number of rotatable bonds is 3. The maximum Gasteiger partial charge on any atom is 0.238 e. The average Bonchev–Trinajstić information content (AvgIpc) is 3.33. The minimum absolute atomic E-state index is 0.605. The molecule has 2 aromatic heterocycles. The van der Waals surface area contributed by atoms with Gasteiger partial charge in [-0.25, -0.2) is 4.98 Å². The van der Waals surface area contributed by atoms with Gasteiger partial charge in [-0.1, -0.05) is 115 Å². The van der Waals surface area contributed by atoms with E-state index in [-0.39, 0.29) is 0 Å². The van der Waals surface area contributed by atoms with Gasteiger partial charge in [-0.15, -0.1) is 0 Å². The molecule has 0 saturated heterocycles. The van der Waals surface area contributed by atoms with Crippen molar-refractivity contribution < 1.29 is 0 Å². The first-order valence-corrected chi connectivity index (χ1v) is 13.1. The molecule has 0 saturated carbocycles. The molecule has 182 valence electrons. The minimum atomic E-state index is 0.605. The lowest BCUT2D eigenvalue weighted by atomic mass is 10.0. The number of nitrogens with zero attached hydrogens (tertiary/aromatic N) is 4. The van der Waals surface area contributed by atoms with Crippen LogP contribution in [-0.4, -0.2) is 19.5 Å². The van der Waals surface area contributed by atoms with Crippen LogP contribution < -0.4 is 0 Å². The highest BCUT2D eigenvalue weighted by molar-refractivity contribution is 6.13. The van der Waals surface area contributed by atoms with Crippen LogP contribution in [0.1, 0.15) is 0 Å². The Morgan fingerprint density at radius 1 is 0.410 bits per heavy atom. The molecule has 0 bridgehead atoms. The molecule has 4 heteroatoms. The highest BCUT2D eigenvalue weighted by atomic mass is 15.2. The Kier molecular flexibility index (Phi) is 4.79. The second-order valence-electron chi connectivity index (χ2n) is 9.74. The Labute approximate surface area is 224 Å². The maximum absolute atomic E-state index is 5.14. The molecule has 0 atom stereocenters. The molecule has 4 nitrogen and oxygen atoms in total. The molecular formula is C35H22N4. The standard InChI is InChI=1S/C35H22N4/c1-2-12-24(13-3-1)33-36-34(29-19-10-16-23-11-6-7-17-27(23)29)38-35(37-33)39-31-20-9-8-18-28(31)30-21-25-14-4-5-15-26(25)22-32(30)39/h1-22H. The SMILES string of the molecule is c1ccc(-c2nc(-c3cccc4ccccc34)nc(-n3c4ccccc4c4cc5ccccc5cc43)n2)cc1. The summed E-state index contributed by atoms with van der Waals surface area (Å²) in [5.74, 6) is 1.91. The molecule has 6 aromatic carbocycles. The molecule has 0 aliphatic heterocycles. The fraction of sp³-hybridized carbons (Fsp3) is 0. The summed E-state index contributed by atoms with van der Waals surface area (Å²) in [5, 5.41) is 7.01. The minimum Gasteiger partial charge on any atom is -0.278 e. The third kappa shape index (κ3) is 3.50.